The Morgan fingerprint density at radius 1 is 1.33 bits per heavy atom. The van der Waals surface area contributed by atoms with E-state index in [1.165, 1.54) is 23.6 Å². The molecule has 1 atom stereocenters. The zero-order chi connectivity index (χ0) is 8.23. The number of hydrogen-bond donors (Lipinski definition) is 1. The van der Waals surface area contributed by atoms with Gasteiger partial charge < -0.3 is 5.32 Å². The van der Waals surface area contributed by atoms with Crippen LogP contribution in [0.1, 0.15) is 6.42 Å². The highest BCUT2D eigenvalue weighted by molar-refractivity contribution is 7.99. The zero-order valence-electron chi connectivity index (χ0n) is 6.99. The number of hydrogen-bond acceptors (Lipinski definition) is 2. The van der Waals surface area contributed by atoms with Crippen molar-refractivity contribution >= 4 is 11.8 Å². The molecule has 1 N–H and O–H groups in total. The third kappa shape index (κ3) is 1.75. The maximum absolute atomic E-state index is 3.33. The van der Waals surface area contributed by atoms with Crippen molar-refractivity contribution in [2.24, 2.45) is 5.92 Å². The maximum atomic E-state index is 3.33. The number of thioether (sulfide) groups is 1. The van der Waals surface area contributed by atoms with Gasteiger partial charge in [0.2, 0.25) is 0 Å². The van der Waals surface area contributed by atoms with Crippen LogP contribution in [0.5, 0.6) is 0 Å². The molecule has 0 spiro atoms. The average molecular weight is 179 g/mol. The number of rotatable bonds is 1. The van der Waals surface area contributed by atoms with E-state index in [0.717, 1.165) is 5.92 Å². The van der Waals surface area contributed by atoms with Crippen LogP contribution in [0.4, 0.5) is 0 Å². The summed E-state index contributed by atoms with van der Waals surface area (Å²) in [5.41, 5.74) is 1.38. The van der Waals surface area contributed by atoms with Crippen molar-refractivity contribution in [3.8, 4) is 0 Å². The Balaban J connectivity index is 2.06. The van der Waals surface area contributed by atoms with E-state index in [1.807, 2.05) is 12.3 Å². The predicted molar refractivity (Wildman–Crippen MR) is 54.9 cm³/mol. The molecule has 0 amide bonds. The van der Waals surface area contributed by atoms with E-state index in [9.17, 15) is 0 Å². The summed E-state index contributed by atoms with van der Waals surface area (Å²) in [5, 5.41) is 3.33. The fourth-order valence-corrected chi connectivity index (χ4v) is 2.75. The molecule has 0 aromatic rings. The van der Waals surface area contributed by atoms with Gasteiger partial charge >= 0.3 is 0 Å². The third-order valence-electron chi connectivity index (χ3n) is 2.21. The molecule has 1 unspecified atom stereocenters. The molecular formula is C10H13NS. The molecule has 0 aromatic carbocycles. The van der Waals surface area contributed by atoms with Gasteiger partial charge in [0.15, 0.2) is 0 Å². The fraction of sp³-hybridized carbons (Fsp3) is 0.400. The summed E-state index contributed by atoms with van der Waals surface area (Å²) in [7, 11) is 0. The first-order valence-corrected chi connectivity index (χ1v) is 5.50. The lowest BCUT2D eigenvalue weighted by molar-refractivity contribution is 0.660. The highest BCUT2D eigenvalue weighted by Crippen LogP contribution is 2.28. The number of nitrogens with one attached hydrogen (secondary N) is 1. The van der Waals surface area contributed by atoms with Crippen molar-refractivity contribution < 1.29 is 0 Å². The van der Waals surface area contributed by atoms with Gasteiger partial charge in [-0.05, 0) is 24.3 Å². The van der Waals surface area contributed by atoms with Crippen LogP contribution in [-0.2, 0) is 0 Å². The van der Waals surface area contributed by atoms with E-state index in [-0.39, 0.29) is 0 Å². The van der Waals surface area contributed by atoms with Crippen LogP contribution in [0.15, 0.2) is 36.2 Å². The van der Waals surface area contributed by atoms with Crippen LogP contribution >= 0.6 is 11.8 Å². The highest BCUT2D eigenvalue weighted by Gasteiger charge is 2.18. The quantitative estimate of drug-likeness (QED) is 0.663. The monoisotopic (exact) mass is 179 g/mol. The summed E-state index contributed by atoms with van der Waals surface area (Å²) in [4.78, 5) is 0. The van der Waals surface area contributed by atoms with Gasteiger partial charge in [0.05, 0.1) is 0 Å². The summed E-state index contributed by atoms with van der Waals surface area (Å²) in [5.74, 6) is 3.35. The number of allylic oxidation sites excluding steroid dienone is 5. The second-order valence-corrected chi connectivity index (χ2v) is 4.22. The van der Waals surface area contributed by atoms with Crippen molar-refractivity contribution in [1.29, 1.82) is 0 Å². The van der Waals surface area contributed by atoms with Gasteiger partial charge in [-0.2, -0.15) is 11.8 Å². The Hall–Kier alpha value is -0.630. The van der Waals surface area contributed by atoms with Crippen LogP contribution in [0.2, 0.25) is 0 Å². The van der Waals surface area contributed by atoms with Gasteiger partial charge in [0, 0.05) is 23.6 Å². The van der Waals surface area contributed by atoms with Crippen molar-refractivity contribution in [2.45, 2.75) is 6.42 Å². The van der Waals surface area contributed by atoms with E-state index < -0.39 is 0 Å². The minimum atomic E-state index is 0.752. The van der Waals surface area contributed by atoms with Crippen molar-refractivity contribution in [3.63, 3.8) is 0 Å². The Morgan fingerprint density at radius 3 is 3.17 bits per heavy atom. The summed E-state index contributed by atoms with van der Waals surface area (Å²) < 4.78 is 0. The molecule has 2 aliphatic rings. The molecule has 0 aromatic heterocycles. The second-order valence-electron chi connectivity index (χ2n) is 3.07. The van der Waals surface area contributed by atoms with Gasteiger partial charge in [-0.1, -0.05) is 12.2 Å². The minimum absolute atomic E-state index is 0.752. The van der Waals surface area contributed by atoms with E-state index >= 15 is 0 Å². The maximum Gasteiger partial charge on any atom is 0.0186 e. The molecule has 2 aliphatic heterocycles. The molecule has 2 rings (SSSR count). The minimum Gasteiger partial charge on any atom is -0.365 e. The average Bonchev–Trinajstić information content (AvgIpc) is 2.48. The molecule has 12 heavy (non-hydrogen) atoms. The van der Waals surface area contributed by atoms with Crippen molar-refractivity contribution in [2.75, 3.05) is 11.5 Å². The van der Waals surface area contributed by atoms with Crippen LogP contribution in [-0.4, -0.2) is 11.5 Å². The zero-order valence-corrected chi connectivity index (χ0v) is 7.81. The lowest BCUT2D eigenvalue weighted by atomic mass is 10.0. The molecule has 2 heteroatoms. The van der Waals surface area contributed by atoms with Crippen LogP contribution < -0.4 is 5.32 Å². The van der Waals surface area contributed by atoms with E-state index in [1.54, 1.807) is 0 Å². The van der Waals surface area contributed by atoms with Crippen LogP contribution in [0.25, 0.3) is 0 Å². The van der Waals surface area contributed by atoms with Gasteiger partial charge in [0.1, 0.15) is 0 Å². The fourth-order valence-electron chi connectivity index (χ4n) is 1.51. The van der Waals surface area contributed by atoms with Crippen LogP contribution in [0, 0.1) is 5.92 Å². The molecule has 0 saturated carbocycles. The molecule has 0 bridgehead atoms. The molecule has 1 nitrogen and oxygen atoms in total. The molecule has 1 saturated heterocycles. The largest absolute Gasteiger partial charge is 0.365 e. The van der Waals surface area contributed by atoms with E-state index in [4.69, 9.17) is 0 Å². The van der Waals surface area contributed by atoms with Crippen LogP contribution in [0.3, 0.4) is 0 Å². The molecule has 1 fully saturated rings. The highest BCUT2D eigenvalue weighted by atomic mass is 32.2. The predicted octanol–water partition coefficient (Wildman–Crippen LogP) is 2.30. The van der Waals surface area contributed by atoms with Gasteiger partial charge in [0.25, 0.3) is 0 Å². The Bertz CT molecular complexity index is 234. The van der Waals surface area contributed by atoms with Crippen molar-refractivity contribution in [1.82, 2.24) is 5.32 Å². The first-order chi connectivity index (χ1) is 5.97. The standard InChI is InChI=1S/C10H13NS/c1-2-4-10(11-6-3-1)9-5-7-12-8-9/h1-4,6,9,11H,5,7-8H2. The summed E-state index contributed by atoms with van der Waals surface area (Å²) in [6.45, 7) is 0. The topological polar surface area (TPSA) is 12.0 Å². The Kier molecular flexibility index (Phi) is 2.57. The first-order valence-electron chi connectivity index (χ1n) is 4.34. The summed E-state index contributed by atoms with van der Waals surface area (Å²) in [6, 6.07) is 0. The molecule has 0 aliphatic carbocycles. The lowest BCUT2D eigenvalue weighted by Gasteiger charge is -2.12. The molecule has 0 radical (unpaired) electrons. The van der Waals surface area contributed by atoms with E-state index in [2.05, 4.69) is 35.3 Å². The first kappa shape index (κ1) is 7.99. The second kappa shape index (κ2) is 3.85. The smallest absolute Gasteiger partial charge is 0.0186 e. The third-order valence-corrected chi connectivity index (χ3v) is 3.38. The molecule has 64 valence electrons. The van der Waals surface area contributed by atoms with Crippen molar-refractivity contribution in [3.05, 3.63) is 36.2 Å². The van der Waals surface area contributed by atoms with E-state index in [0.29, 0.717) is 0 Å². The Morgan fingerprint density at radius 2 is 2.33 bits per heavy atom. The SMILES string of the molecule is C1=CC=C(C2CCSC2)NC=C1. The normalized spacial score (nSPS) is 28.0. The van der Waals surface area contributed by atoms with Gasteiger partial charge in [-0.15, -0.1) is 0 Å². The summed E-state index contributed by atoms with van der Waals surface area (Å²) in [6.07, 6.45) is 11.7. The lowest BCUT2D eigenvalue weighted by Crippen LogP contribution is -2.14. The summed E-state index contributed by atoms with van der Waals surface area (Å²) >= 11 is 2.05. The Labute approximate surface area is 77.6 Å². The molecule has 2 heterocycles. The van der Waals surface area contributed by atoms with Gasteiger partial charge in [-0.3, -0.25) is 0 Å². The van der Waals surface area contributed by atoms with Gasteiger partial charge in [-0.25, -0.2) is 0 Å². The molecular weight excluding hydrogens is 166 g/mol.